The van der Waals surface area contributed by atoms with Crippen molar-refractivity contribution in [1.82, 2.24) is 0 Å². The van der Waals surface area contributed by atoms with E-state index in [1.54, 1.807) is 6.07 Å². The van der Waals surface area contributed by atoms with E-state index in [4.69, 9.17) is 5.11 Å². The third kappa shape index (κ3) is 3.93. The number of hydrogen-bond donors (Lipinski definition) is 2. The molecule has 1 atom stereocenters. The highest BCUT2D eigenvalue weighted by atomic mass is 79.9. The zero-order valence-corrected chi connectivity index (χ0v) is 11.0. The number of rotatable bonds is 4. The highest BCUT2D eigenvalue weighted by molar-refractivity contribution is 9.11. The van der Waals surface area contributed by atoms with Crippen LogP contribution in [0.2, 0.25) is 0 Å². The van der Waals surface area contributed by atoms with Gasteiger partial charge in [0.1, 0.15) is 0 Å². The third-order valence-electron chi connectivity index (χ3n) is 1.95. The maximum absolute atomic E-state index is 10.4. The monoisotopic (exact) mass is 336 g/mol. The number of benzene rings is 1. The van der Waals surface area contributed by atoms with Gasteiger partial charge in [0, 0.05) is 15.4 Å². The van der Waals surface area contributed by atoms with Gasteiger partial charge in [-0.2, -0.15) is 0 Å². The summed E-state index contributed by atoms with van der Waals surface area (Å²) < 4.78 is 1.64. The molecule has 0 aromatic heterocycles. The molecule has 1 aromatic rings. The number of aliphatic carboxylic acids is 1. The number of aliphatic hydroxyl groups excluding tert-OH is 1. The Morgan fingerprint density at radius 1 is 1.40 bits per heavy atom. The smallest absolute Gasteiger partial charge is 0.303 e. The van der Waals surface area contributed by atoms with Crippen LogP contribution in [0.15, 0.2) is 27.1 Å². The number of aliphatic hydroxyl groups is 1. The second-order valence-electron chi connectivity index (χ2n) is 3.11. The molecule has 2 N–H and O–H groups in total. The van der Waals surface area contributed by atoms with Crippen molar-refractivity contribution < 1.29 is 15.0 Å². The molecule has 0 amide bonds. The Morgan fingerprint density at radius 3 is 2.67 bits per heavy atom. The lowest BCUT2D eigenvalue weighted by Gasteiger charge is -2.12. The van der Waals surface area contributed by atoms with Crippen LogP contribution in [0.4, 0.5) is 0 Å². The van der Waals surface area contributed by atoms with Crippen LogP contribution in [0.5, 0.6) is 0 Å². The van der Waals surface area contributed by atoms with Crippen molar-refractivity contribution in [2.45, 2.75) is 18.9 Å². The first-order valence-electron chi connectivity index (χ1n) is 4.35. The van der Waals surface area contributed by atoms with Crippen molar-refractivity contribution in [2.75, 3.05) is 0 Å². The second-order valence-corrected chi connectivity index (χ2v) is 4.88. The number of carboxylic acids is 1. The molecule has 0 saturated carbocycles. The topological polar surface area (TPSA) is 57.5 Å². The summed E-state index contributed by atoms with van der Waals surface area (Å²) in [5.41, 5.74) is 0.700. The maximum Gasteiger partial charge on any atom is 0.303 e. The maximum atomic E-state index is 10.4. The zero-order chi connectivity index (χ0) is 11.4. The summed E-state index contributed by atoms with van der Waals surface area (Å²) in [4.78, 5) is 10.4. The van der Waals surface area contributed by atoms with Crippen LogP contribution in [0, 0.1) is 0 Å². The van der Waals surface area contributed by atoms with E-state index in [0.717, 1.165) is 8.95 Å². The van der Waals surface area contributed by atoms with Crippen LogP contribution in [-0.2, 0) is 4.79 Å². The van der Waals surface area contributed by atoms with Crippen LogP contribution in [0.1, 0.15) is 24.5 Å². The molecule has 0 spiro atoms. The molecule has 0 heterocycles. The molecule has 1 unspecified atom stereocenters. The normalized spacial score (nSPS) is 12.5. The summed E-state index contributed by atoms with van der Waals surface area (Å²) in [6.45, 7) is 0. The molecule has 1 rings (SSSR count). The standard InChI is InChI=1S/C10H10Br2O3/c11-6-1-2-8(12)7(5-6)9(13)3-4-10(14)15/h1-2,5,9,13H,3-4H2,(H,14,15). The van der Waals surface area contributed by atoms with Gasteiger partial charge in [-0.3, -0.25) is 4.79 Å². The Balaban J connectivity index is 2.76. The first-order chi connectivity index (χ1) is 7.00. The highest BCUT2D eigenvalue weighted by Crippen LogP contribution is 2.29. The van der Waals surface area contributed by atoms with Crippen molar-refractivity contribution in [3.05, 3.63) is 32.7 Å². The Labute approximate surface area is 104 Å². The van der Waals surface area contributed by atoms with Gasteiger partial charge in [0.05, 0.1) is 6.10 Å². The van der Waals surface area contributed by atoms with Crippen LogP contribution < -0.4 is 0 Å². The van der Waals surface area contributed by atoms with E-state index in [9.17, 15) is 9.90 Å². The molecule has 0 radical (unpaired) electrons. The van der Waals surface area contributed by atoms with Gasteiger partial charge < -0.3 is 10.2 Å². The van der Waals surface area contributed by atoms with E-state index in [-0.39, 0.29) is 12.8 Å². The molecule has 5 heteroatoms. The Kier molecular flexibility index (Phi) is 4.76. The summed E-state index contributed by atoms with van der Waals surface area (Å²) in [5, 5.41) is 18.3. The predicted molar refractivity (Wildman–Crippen MR) is 63.7 cm³/mol. The second kappa shape index (κ2) is 5.63. The quantitative estimate of drug-likeness (QED) is 0.887. The summed E-state index contributed by atoms with van der Waals surface area (Å²) in [5.74, 6) is -0.903. The van der Waals surface area contributed by atoms with Gasteiger partial charge in [-0.05, 0) is 30.2 Å². The van der Waals surface area contributed by atoms with E-state index >= 15 is 0 Å². The lowest BCUT2D eigenvalue weighted by molar-refractivity contribution is -0.137. The molecule has 0 saturated heterocycles. The van der Waals surface area contributed by atoms with E-state index < -0.39 is 12.1 Å². The molecule has 1 aromatic carbocycles. The first-order valence-corrected chi connectivity index (χ1v) is 5.94. The van der Waals surface area contributed by atoms with Crippen molar-refractivity contribution in [3.8, 4) is 0 Å². The van der Waals surface area contributed by atoms with Crippen LogP contribution in [0.3, 0.4) is 0 Å². The molecular weight excluding hydrogens is 328 g/mol. The minimum Gasteiger partial charge on any atom is -0.481 e. The number of halogens is 2. The van der Waals surface area contributed by atoms with Crippen LogP contribution >= 0.6 is 31.9 Å². The minimum absolute atomic E-state index is 0.0415. The fourth-order valence-electron chi connectivity index (χ4n) is 1.19. The van der Waals surface area contributed by atoms with Crippen molar-refractivity contribution >= 4 is 37.8 Å². The first kappa shape index (κ1) is 12.7. The largest absolute Gasteiger partial charge is 0.481 e. The summed E-state index contributed by atoms with van der Waals surface area (Å²) >= 11 is 6.61. The summed E-state index contributed by atoms with van der Waals surface area (Å²) in [7, 11) is 0. The third-order valence-corrected chi connectivity index (χ3v) is 3.16. The van der Waals surface area contributed by atoms with Crippen molar-refractivity contribution in [2.24, 2.45) is 0 Å². The molecule has 3 nitrogen and oxygen atoms in total. The number of carbonyl (C=O) groups is 1. The molecular formula is C10H10Br2O3. The average molecular weight is 338 g/mol. The van der Waals surface area contributed by atoms with E-state index in [1.807, 2.05) is 12.1 Å². The van der Waals surface area contributed by atoms with Crippen molar-refractivity contribution in [3.63, 3.8) is 0 Å². The van der Waals surface area contributed by atoms with E-state index in [0.29, 0.717) is 5.56 Å². The van der Waals surface area contributed by atoms with Crippen LogP contribution in [0.25, 0.3) is 0 Å². The van der Waals surface area contributed by atoms with Gasteiger partial charge in [-0.25, -0.2) is 0 Å². The minimum atomic E-state index is -0.903. The molecule has 0 aliphatic rings. The summed E-state index contributed by atoms with van der Waals surface area (Å²) in [6.07, 6.45) is -0.585. The average Bonchev–Trinajstić information content (AvgIpc) is 2.18. The van der Waals surface area contributed by atoms with Gasteiger partial charge >= 0.3 is 5.97 Å². The lowest BCUT2D eigenvalue weighted by atomic mass is 10.1. The molecule has 0 aliphatic heterocycles. The van der Waals surface area contributed by atoms with Gasteiger partial charge in [-0.1, -0.05) is 31.9 Å². The lowest BCUT2D eigenvalue weighted by Crippen LogP contribution is -2.03. The number of hydrogen-bond acceptors (Lipinski definition) is 2. The molecule has 0 aliphatic carbocycles. The van der Waals surface area contributed by atoms with E-state index in [1.165, 1.54) is 0 Å². The van der Waals surface area contributed by atoms with Gasteiger partial charge in [0.25, 0.3) is 0 Å². The Bertz CT molecular complexity index is 366. The Hall–Kier alpha value is -0.390. The Morgan fingerprint density at radius 2 is 2.07 bits per heavy atom. The van der Waals surface area contributed by atoms with Gasteiger partial charge in [-0.15, -0.1) is 0 Å². The van der Waals surface area contributed by atoms with Gasteiger partial charge in [0.2, 0.25) is 0 Å². The predicted octanol–water partition coefficient (Wildman–Crippen LogP) is 3.11. The SMILES string of the molecule is O=C(O)CCC(O)c1cc(Br)ccc1Br. The molecule has 15 heavy (non-hydrogen) atoms. The van der Waals surface area contributed by atoms with Crippen molar-refractivity contribution in [1.29, 1.82) is 0 Å². The zero-order valence-electron chi connectivity index (χ0n) is 7.78. The van der Waals surface area contributed by atoms with E-state index in [2.05, 4.69) is 31.9 Å². The summed E-state index contributed by atoms with van der Waals surface area (Å²) in [6, 6.07) is 5.43. The fraction of sp³-hybridized carbons (Fsp3) is 0.300. The fourth-order valence-corrected chi connectivity index (χ4v) is 2.08. The highest BCUT2D eigenvalue weighted by Gasteiger charge is 2.13. The molecule has 0 bridgehead atoms. The number of carboxylic acid groups (broad SMARTS) is 1. The van der Waals surface area contributed by atoms with Gasteiger partial charge in [0.15, 0.2) is 0 Å². The molecule has 0 fully saturated rings. The molecule has 82 valence electrons. The van der Waals surface area contributed by atoms with Crippen LogP contribution in [-0.4, -0.2) is 16.2 Å².